The molecule has 0 N–H and O–H groups in total. The first-order valence-corrected chi connectivity index (χ1v) is 6.60. The van der Waals surface area contributed by atoms with E-state index in [-0.39, 0.29) is 5.82 Å². The van der Waals surface area contributed by atoms with Crippen molar-refractivity contribution in [3.8, 4) is 17.2 Å². The van der Waals surface area contributed by atoms with E-state index in [2.05, 4.69) is 9.97 Å². The van der Waals surface area contributed by atoms with Gasteiger partial charge in [0.2, 0.25) is 0 Å². The number of rotatable bonds is 2. The van der Waals surface area contributed by atoms with Crippen LogP contribution in [0.25, 0.3) is 17.2 Å². The van der Waals surface area contributed by atoms with Crippen LogP contribution in [0.3, 0.4) is 0 Å². The molecule has 0 saturated carbocycles. The number of imidazole rings is 1. The lowest BCUT2D eigenvalue weighted by Crippen LogP contribution is -2.05. The van der Waals surface area contributed by atoms with Gasteiger partial charge in [-0.3, -0.25) is 9.55 Å². The molecule has 22 heavy (non-hydrogen) atoms. The van der Waals surface area contributed by atoms with Crippen molar-refractivity contribution in [2.75, 3.05) is 0 Å². The summed E-state index contributed by atoms with van der Waals surface area (Å²) in [5.41, 5.74) is 0.971. The fourth-order valence-corrected chi connectivity index (χ4v) is 2.14. The minimum atomic E-state index is -4.50. The summed E-state index contributed by atoms with van der Waals surface area (Å²) >= 11 is 0. The normalized spacial score (nSPS) is 11.6. The molecule has 0 radical (unpaired) electrons. The first kappa shape index (κ1) is 14.3. The first-order chi connectivity index (χ1) is 10.4. The smallest absolute Gasteiger partial charge is 0.298 e. The molecule has 6 heteroatoms. The van der Waals surface area contributed by atoms with Crippen molar-refractivity contribution < 1.29 is 13.2 Å². The van der Waals surface area contributed by atoms with E-state index in [4.69, 9.17) is 0 Å². The Kier molecular flexibility index (Phi) is 3.44. The lowest BCUT2D eigenvalue weighted by Gasteiger charge is -2.07. The molecule has 0 aliphatic heterocycles. The molecule has 2 heterocycles. The van der Waals surface area contributed by atoms with Gasteiger partial charge in [0.25, 0.3) is 0 Å². The van der Waals surface area contributed by atoms with Gasteiger partial charge >= 0.3 is 6.18 Å². The lowest BCUT2D eigenvalue weighted by molar-refractivity contribution is -0.140. The molecule has 0 spiro atoms. The van der Waals surface area contributed by atoms with Crippen molar-refractivity contribution in [2.24, 2.45) is 0 Å². The van der Waals surface area contributed by atoms with Gasteiger partial charge in [0.05, 0.1) is 0 Å². The van der Waals surface area contributed by atoms with Gasteiger partial charge in [-0.15, -0.1) is 0 Å². The summed E-state index contributed by atoms with van der Waals surface area (Å²) < 4.78 is 40.4. The third kappa shape index (κ3) is 2.72. The molecule has 0 aliphatic rings. The number of halogens is 3. The van der Waals surface area contributed by atoms with E-state index in [9.17, 15) is 13.2 Å². The summed E-state index contributed by atoms with van der Waals surface area (Å²) in [7, 11) is 0. The predicted octanol–water partition coefficient (Wildman–Crippen LogP) is 4.26. The Morgan fingerprint density at radius 3 is 2.41 bits per heavy atom. The summed E-state index contributed by atoms with van der Waals surface area (Å²) in [6.07, 6.45) is -1.95. The minimum absolute atomic E-state index is 0.169. The molecule has 0 aliphatic carbocycles. The second kappa shape index (κ2) is 5.29. The number of aryl methyl sites for hydroxylation is 1. The van der Waals surface area contributed by atoms with Crippen molar-refractivity contribution in [3.05, 3.63) is 66.1 Å². The summed E-state index contributed by atoms with van der Waals surface area (Å²) in [6, 6.07) is 12.3. The molecule has 0 fully saturated rings. The second-order valence-corrected chi connectivity index (χ2v) is 4.87. The minimum Gasteiger partial charge on any atom is -0.298 e. The molecule has 2 aromatic heterocycles. The van der Waals surface area contributed by atoms with E-state index in [0.29, 0.717) is 11.4 Å². The van der Waals surface area contributed by atoms with Gasteiger partial charge in [-0.25, -0.2) is 4.98 Å². The highest BCUT2D eigenvalue weighted by atomic mass is 19.4. The van der Waals surface area contributed by atoms with Gasteiger partial charge in [-0.2, -0.15) is 13.2 Å². The molecule has 112 valence electrons. The van der Waals surface area contributed by atoms with Crippen molar-refractivity contribution >= 4 is 0 Å². The quantitative estimate of drug-likeness (QED) is 0.708. The Bertz CT molecular complexity index is 792. The predicted molar refractivity (Wildman–Crippen MR) is 76.5 cm³/mol. The van der Waals surface area contributed by atoms with E-state index in [0.717, 1.165) is 11.8 Å². The first-order valence-electron chi connectivity index (χ1n) is 6.60. The third-order valence-corrected chi connectivity index (χ3v) is 3.18. The molecule has 3 nitrogen and oxygen atoms in total. The number of para-hydroxylation sites is 1. The largest absolute Gasteiger partial charge is 0.434 e. The number of pyridine rings is 1. The Labute approximate surface area is 125 Å². The van der Waals surface area contributed by atoms with E-state index < -0.39 is 11.9 Å². The van der Waals surface area contributed by atoms with Gasteiger partial charge < -0.3 is 0 Å². The van der Waals surface area contributed by atoms with Crippen molar-refractivity contribution in [2.45, 2.75) is 13.1 Å². The van der Waals surface area contributed by atoms with Gasteiger partial charge in [0, 0.05) is 18.1 Å². The third-order valence-electron chi connectivity index (χ3n) is 3.18. The number of aromatic nitrogens is 3. The maximum Gasteiger partial charge on any atom is 0.434 e. The molecular formula is C16H12F3N3. The Morgan fingerprint density at radius 2 is 1.77 bits per heavy atom. The van der Waals surface area contributed by atoms with Gasteiger partial charge in [0.15, 0.2) is 11.5 Å². The topological polar surface area (TPSA) is 30.7 Å². The molecular weight excluding hydrogens is 291 g/mol. The Balaban J connectivity index is 2.22. The molecule has 0 saturated heterocycles. The Hall–Kier alpha value is -2.63. The fraction of sp³-hybridized carbons (Fsp3) is 0.125. The number of nitrogens with zero attached hydrogens (tertiary/aromatic N) is 3. The van der Waals surface area contributed by atoms with Crippen LogP contribution < -0.4 is 0 Å². The average molecular weight is 303 g/mol. The fourth-order valence-electron chi connectivity index (χ4n) is 2.14. The molecule has 0 unspecified atom stereocenters. The average Bonchev–Trinajstić information content (AvgIpc) is 2.93. The van der Waals surface area contributed by atoms with Crippen LogP contribution in [-0.4, -0.2) is 14.5 Å². The highest BCUT2D eigenvalue weighted by molar-refractivity contribution is 5.56. The Morgan fingerprint density at radius 1 is 1.05 bits per heavy atom. The molecule has 0 bridgehead atoms. The highest BCUT2D eigenvalue weighted by Crippen LogP contribution is 2.32. The van der Waals surface area contributed by atoms with Crippen LogP contribution in [0.15, 0.2) is 54.9 Å². The van der Waals surface area contributed by atoms with E-state index >= 15 is 0 Å². The van der Waals surface area contributed by atoms with Crippen LogP contribution >= 0.6 is 0 Å². The standard InChI is InChI=1S/C16H12F3N3/c1-11-7-8-20-13(9-11)15-21-14(16(17,18)19)10-22(15)12-5-3-2-4-6-12/h2-10H,1H3. The maximum atomic E-state index is 13.0. The van der Waals surface area contributed by atoms with Crippen LogP contribution in [0.1, 0.15) is 11.3 Å². The monoisotopic (exact) mass is 303 g/mol. The lowest BCUT2D eigenvalue weighted by atomic mass is 10.2. The maximum absolute atomic E-state index is 13.0. The van der Waals surface area contributed by atoms with Crippen molar-refractivity contribution in [1.82, 2.24) is 14.5 Å². The zero-order valence-corrected chi connectivity index (χ0v) is 11.7. The molecule has 3 rings (SSSR count). The summed E-state index contributed by atoms with van der Waals surface area (Å²) in [5.74, 6) is 0.169. The van der Waals surface area contributed by atoms with E-state index in [1.165, 1.54) is 4.57 Å². The zero-order chi connectivity index (χ0) is 15.7. The highest BCUT2D eigenvalue weighted by Gasteiger charge is 2.35. The summed E-state index contributed by atoms with van der Waals surface area (Å²) in [5, 5.41) is 0. The van der Waals surface area contributed by atoms with Crippen LogP contribution in [0.5, 0.6) is 0 Å². The van der Waals surface area contributed by atoms with Crippen LogP contribution in [-0.2, 0) is 6.18 Å². The molecule has 0 atom stereocenters. The van der Waals surface area contributed by atoms with E-state index in [1.807, 2.05) is 6.92 Å². The van der Waals surface area contributed by atoms with Crippen molar-refractivity contribution in [3.63, 3.8) is 0 Å². The van der Waals surface area contributed by atoms with Gasteiger partial charge in [-0.05, 0) is 36.8 Å². The van der Waals surface area contributed by atoms with Crippen LogP contribution in [0.2, 0.25) is 0 Å². The molecule has 3 aromatic rings. The summed E-state index contributed by atoms with van der Waals surface area (Å²) in [4.78, 5) is 7.89. The van der Waals surface area contributed by atoms with Crippen LogP contribution in [0.4, 0.5) is 13.2 Å². The van der Waals surface area contributed by atoms with E-state index in [1.54, 1.807) is 48.7 Å². The zero-order valence-electron chi connectivity index (χ0n) is 11.7. The molecule has 0 amide bonds. The number of hydrogen-bond donors (Lipinski definition) is 0. The SMILES string of the molecule is Cc1ccnc(-c2nc(C(F)(F)F)cn2-c2ccccc2)c1. The second-order valence-electron chi connectivity index (χ2n) is 4.87. The number of alkyl halides is 3. The number of benzene rings is 1. The molecule has 1 aromatic carbocycles. The van der Waals surface area contributed by atoms with Crippen molar-refractivity contribution in [1.29, 1.82) is 0 Å². The van der Waals surface area contributed by atoms with Gasteiger partial charge in [-0.1, -0.05) is 18.2 Å². The number of hydrogen-bond acceptors (Lipinski definition) is 2. The summed E-state index contributed by atoms with van der Waals surface area (Å²) in [6.45, 7) is 1.85. The van der Waals surface area contributed by atoms with Gasteiger partial charge in [0.1, 0.15) is 5.69 Å². The van der Waals surface area contributed by atoms with Crippen LogP contribution in [0, 0.1) is 6.92 Å².